The number of hydrogen-bond donors (Lipinski definition) is 1. The van der Waals surface area contributed by atoms with E-state index in [9.17, 15) is 0 Å². The maximum atomic E-state index is 5.69. The SMILES string of the molecule is CSc1nccnc1COC[C@@H]1CCNC1. The molecule has 0 aliphatic carbocycles. The van der Waals surface area contributed by atoms with Gasteiger partial charge in [-0.2, -0.15) is 0 Å². The minimum atomic E-state index is 0.570. The molecule has 88 valence electrons. The second kappa shape index (κ2) is 6.18. The average molecular weight is 239 g/mol. The van der Waals surface area contributed by atoms with E-state index in [-0.39, 0.29) is 0 Å². The van der Waals surface area contributed by atoms with Crippen molar-refractivity contribution in [3.05, 3.63) is 18.1 Å². The summed E-state index contributed by atoms with van der Waals surface area (Å²) in [6.45, 7) is 3.59. The third kappa shape index (κ3) is 3.17. The van der Waals surface area contributed by atoms with Crippen LogP contribution in [0.3, 0.4) is 0 Å². The molecule has 0 aromatic carbocycles. The van der Waals surface area contributed by atoms with Crippen molar-refractivity contribution in [3.8, 4) is 0 Å². The Balaban J connectivity index is 1.79. The molecule has 1 aliphatic heterocycles. The van der Waals surface area contributed by atoms with Gasteiger partial charge in [-0.1, -0.05) is 0 Å². The van der Waals surface area contributed by atoms with Crippen LogP contribution >= 0.6 is 11.8 Å². The van der Waals surface area contributed by atoms with Crippen molar-refractivity contribution < 1.29 is 4.74 Å². The molecule has 1 atom stereocenters. The van der Waals surface area contributed by atoms with Crippen LogP contribution in [0.25, 0.3) is 0 Å². The zero-order valence-electron chi connectivity index (χ0n) is 9.48. The van der Waals surface area contributed by atoms with Gasteiger partial charge in [0.1, 0.15) is 5.03 Å². The molecule has 1 fully saturated rings. The van der Waals surface area contributed by atoms with Gasteiger partial charge >= 0.3 is 0 Å². The molecular weight excluding hydrogens is 222 g/mol. The molecular formula is C11H17N3OS. The van der Waals surface area contributed by atoms with Gasteiger partial charge in [-0.3, -0.25) is 4.98 Å². The normalized spacial score (nSPS) is 20.2. The lowest BCUT2D eigenvalue weighted by Gasteiger charge is -2.10. The second-order valence-corrected chi connectivity index (χ2v) is 4.68. The number of thioether (sulfide) groups is 1. The van der Waals surface area contributed by atoms with Crippen molar-refractivity contribution in [2.24, 2.45) is 5.92 Å². The molecule has 2 rings (SSSR count). The van der Waals surface area contributed by atoms with E-state index in [1.807, 2.05) is 6.26 Å². The number of nitrogens with zero attached hydrogens (tertiary/aromatic N) is 2. The fraction of sp³-hybridized carbons (Fsp3) is 0.636. The quantitative estimate of drug-likeness (QED) is 0.785. The maximum absolute atomic E-state index is 5.69. The average Bonchev–Trinajstić information content (AvgIpc) is 2.83. The van der Waals surface area contributed by atoms with Gasteiger partial charge in [0.2, 0.25) is 0 Å². The van der Waals surface area contributed by atoms with Crippen molar-refractivity contribution in [2.45, 2.75) is 18.1 Å². The van der Waals surface area contributed by atoms with Gasteiger partial charge in [0.05, 0.1) is 18.9 Å². The van der Waals surface area contributed by atoms with Crippen LogP contribution in [0.15, 0.2) is 17.4 Å². The van der Waals surface area contributed by atoms with Gasteiger partial charge in [0, 0.05) is 18.9 Å². The van der Waals surface area contributed by atoms with Crippen molar-refractivity contribution in [1.29, 1.82) is 0 Å². The highest BCUT2D eigenvalue weighted by atomic mass is 32.2. The Bertz CT molecular complexity index is 329. The molecule has 5 heteroatoms. The fourth-order valence-corrected chi connectivity index (χ4v) is 2.32. The maximum Gasteiger partial charge on any atom is 0.120 e. The molecule has 0 amide bonds. The Morgan fingerprint density at radius 3 is 3.12 bits per heavy atom. The third-order valence-electron chi connectivity index (χ3n) is 2.68. The van der Waals surface area contributed by atoms with E-state index in [0.29, 0.717) is 12.5 Å². The van der Waals surface area contributed by atoms with Crippen LogP contribution < -0.4 is 5.32 Å². The number of nitrogens with one attached hydrogen (secondary N) is 1. The van der Waals surface area contributed by atoms with Crippen molar-refractivity contribution in [3.63, 3.8) is 0 Å². The molecule has 1 N–H and O–H groups in total. The molecule has 4 nitrogen and oxygen atoms in total. The van der Waals surface area contributed by atoms with Gasteiger partial charge in [-0.25, -0.2) is 4.98 Å². The third-order valence-corrected chi connectivity index (χ3v) is 3.41. The lowest BCUT2D eigenvalue weighted by Crippen LogP contribution is -2.14. The molecule has 1 aliphatic rings. The van der Waals surface area contributed by atoms with Crippen LogP contribution in [-0.2, 0) is 11.3 Å². The number of aromatic nitrogens is 2. The highest BCUT2D eigenvalue weighted by molar-refractivity contribution is 7.98. The van der Waals surface area contributed by atoms with Crippen LogP contribution in [-0.4, -0.2) is 35.9 Å². The largest absolute Gasteiger partial charge is 0.375 e. The molecule has 16 heavy (non-hydrogen) atoms. The van der Waals surface area contributed by atoms with Crippen molar-refractivity contribution in [1.82, 2.24) is 15.3 Å². The minimum Gasteiger partial charge on any atom is -0.375 e. The summed E-state index contributed by atoms with van der Waals surface area (Å²) in [5, 5.41) is 4.30. The van der Waals surface area contributed by atoms with Crippen molar-refractivity contribution >= 4 is 11.8 Å². The Labute approximate surface area is 100 Å². The Kier molecular flexibility index (Phi) is 4.56. The second-order valence-electron chi connectivity index (χ2n) is 3.89. The first-order valence-electron chi connectivity index (χ1n) is 5.52. The minimum absolute atomic E-state index is 0.570. The van der Waals surface area contributed by atoms with Gasteiger partial charge < -0.3 is 10.1 Å². The highest BCUT2D eigenvalue weighted by Gasteiger charge is 2.14. The summed E-state index contributed by atoms with van der Waals surface area (Å²) < 4.78 is 5.69. The molecule has 0 unspecified atom stereocenters. The zero-order valence-corrected chi connectivity index (χ0v) is 10.3. The van der Waals surface area contributed by atoms with E-state index in [4.69, 9.17) is 4.74 Å². The first-order chi connectivity index (χ1) is 7.90. The molecule has 2 heterocycles. The zero-order chi connectivity index (χ0) is 11.2. The van der Waals surface area contributed by atoms with Crippen LogP contribution in [0, 0.1) is 5.92 Å². The lowest BCUT2D eigenvalue weighted by molar-refractivity contribution is 0.0884. The topological polar surface area (TPSA) is 47.0 Å². The highest BCUT2D eigenvalue weighted by Crippen LogP contribution is 2.16. The lowest BCUT2D eigenvalue weighted by atomic mass is 10.1. The van der Waals surface area contributed by atoms with Crippen LogP contribution in [0.4, 0.5) is 0 Å². The predicted octanol–water partition coefficient (Wildman–Crippen LogP) is 1.32. The summed E-state index contributed by atoms with van der Waals surface area (Å²) in [7, 11) is 0. The van der Waals surface area contributed by atoms with E-state index < -0.39 is 0 Å². The Hall–Kier alpha value is -0.650. The Morgan fingerprint density at radius 1 is 1.50 bits per heavy atom. The monoisotopic (exact) mass is 239 g/mol. The van der Waals surface area contributed by atoms with Crippen LogP contribution in [0.2, 0.25) is 0 Å². The summed E-state index contributed by atoms with van der Waals surface area (Å²) in [5.41, 5.74) is 0.945. The van der Waals surface area contributed by atoms with Gasteiger partial charge in [0.25, 0.3) is 0 Å². The molecule has 1 aromatic rings. The smallest absolute Gasteiger partial charge is 0.120 e. The summed E-state index contributed by atoms with van der Waals surface area (Å²) >= 11 is 1.61. The van der Waals surface area contributed by atoms with Crippen LogP contribution in [0.5, 0.6) is 0 Å². The molecule has 0 spiro atoms. The first kappa shape index (κ1) is 11.8. The number of ether oxygens (including phenoxy) is 1. The standard InChI is InChI=1S/C11H17N3OS/c1-16-11-10(13-4-5-14-11)8-15-7-9-2-3-12-6-9/h4-5,9,12H,2-3,6-8H2,1H3/t9-/m1/s1. The summed E-state index contributed by atoms with van der Waals surface area (Å²) in [4.78, 5) is 8.55. The molecule has 1 aromatic heterocycles. The van der Waals surface area contributed by atoms with Gasteiger partial charge in [0.15, 0.2) is 0 Å². The Morgan fingerprint density at radius 2 is 2.38 bits per heavy atom. The molecule has 0 bridgehead atoms. The molecule has 0 saturated carbocycles. The summed E-state index contributed by atoms with van der Waals surface area (Å²) in [6.07, 6.45) is 6.66. The number of rotatable bonds is 5. The number of hydrogen-bond acceptors (Lipinski definition) is 5. The summed E-state index contributed by atoms with van der Waals surface area (Å²) in [5.74, 6) is 0.661. The van der Waals surface area contributed by atoms with E-state index >= 15 is 0 Å². The first-order valence-corrected chi connectivity index (χ1v) is 6.75. The molecule has 1 saturated heterocycles. The van der Waals surface area contributed by atoms with E-state index in [2.05, 4.69) is 15.3 Å². The van der Waals surface area contributed by atoms with Crippen LogP contribution in [0.1, 0.15) is 12.1 Å². The van der Waals surface area contributed by atoms with E-state index in [0.717, 1.165) is 30.4 Å². The van der Waals surface area contributed by atoms with E-state index in [1.165, 1.54) is 6.42 Å². The van der Waals surface area contributed by atoms with E-state index in [1.54, 1.807) is 24.2 Å². The fourth-order valence-electron chi connectivity index (χ4n) is 1.80. The summed E-state index contributed by atoms with van der Waals surface area (Å²) in [6, 6.07) is 0. The molecule has 0 radical (unpaired) electrons. The van der Waals surface area contributed by atoms with Crippen molar-refractivity contribution in [2.75, 3.05) is 26.0 Å². The predicted molar refractivity (Wildman–Crippen MR) is 64.4 cm³/mol. The van der Waals surface area contributed by atoms with Gasteiger partial charge in [-0.05, 0) is 25.1 Å². The van der Waals surface area contributed by atoms with Gasteiger partial charge in [-0.15, -0.1) is 11.8 Å².